The first-order valence-corrected chi connectivity index (χ1v) is 6.87. The molecule has 106 valence electrons. The summed E-state index contributed by atoms with van der Waals surface area (Å²) >= 11 is 0. The first-order chi connectivity index (χ1) is 10.1. The molecule has 0 spiro atoms. The summed E-state index contributed by atoms with van der Waals surface area (Å²) in [5, 5.41) is 1.01. The van der Waals surface area contributed by atoms with Gasteiger partial charge in [-0.1, -0.05) is 17.7 Å². The van der Waals surface area contributed by atoms with Crippen LogP contribution in [0.2, 0.25) is 0 Å². The zero-order valence-electron chi connectivity index (χ0n) is 12.4. The smallest absolute Gasteiger partial charge is 0.262 e. The maximum absolute atomic E-state index is 12.7. The summed E-state index contributed by atoms with van der Waals surface area (Å²) in [4.78, 5) is 12.7. The van der Waals surface area contributed by atoms with Gasteiger partial charge >= 0.3 is 0 Å². The minimum atomic E-state index is -0.00679. The van der Waals surface area contributed by atoms with Crippen LogP contribution >= 0.6 is 0 Å². The summed E-state index contributed by atoms with van der Waals surface area (Å²) in [5.41, 5.74) is 3.66. The number of hydrogen-bond donors (Lipinski definition) is 0. The topological polar surface area (TPSA) is 31.2 Å². The second kappa shape index (κ2) is 5.09. The molecule has 0 fully saturated rings. The van der Waals surface area contributed by atoms with E-state index in [4.69, 9.17) is 4.74 Å². The highest BCUT2D eigenvalue weighted by atomic mass is 16.5. The highest BCUT2D eigenvalue weighted by Gasteiger charge is 2.14. The predicted molar refractivity (Wildman–Crippen MR) is 84.1 cm³/mol. The molecule has 0 amide bonds. The van der Waals surface area contributed by atoms with Gasteiger partial charge in [0.25, 0.3) is 5.91 Å². The van der Waals surface area contributed by atoms with Crippen LogP contribution in [-0.4, -0.2) is 17.6 Å². The normalized spacial score (nSPS) is 10.8. The third-order valence-corrected chi connectivity index (χ3v) is 3.69. The van der Waals surface area contributed by atoms with Crippen molar-refractivity contribution in [3.63, 3.8) is 0 Å². The van der Waals surface area contributed by atoms with Crippen molar-refractivity contribution in [3.8, 4) is 5.75 Å². The van der Waals surface area contributed by atoms with Crippen molar-refractivity contribution in [2.24, 2.45) is 0 Å². The SMILES string of the molecule is COc1ccc2c(c1)cc(C)n2C(=O)c1ccc(C)cc1. The number of carbonyl (C=O) groups excluding carboxylic acids is 1. The lowest BCUT2D eigenvalue weighted by Gasteiger charge is -2.08. The van der Waals surface area contributed by atoms with Crippen LogP contribution in [0, 0.1) is 13.8 Å². The number of rotatable bonds is 2. The number of benzene rings is 2. The van der Waals surface area contributed by atoms with Crippen molar-refractivity contribution in [1.82, 2.24) is 4.57 Å². The van der Waals surface area contributed by atoms with Crippen LogP contribution in [0.1, 0.15) is 21.6 Å². The molecule has 1 aromatic heterocycles. The van der Waals surface area contributed by atoms with Crippen molar-refractivity contribution in [2.75, 3.05) is 7.11 Å². The second-order valence-corrected chi connectivity index (χ2v) is 5.22. The van der Waals surface area contributed by atoms with E-state index in [0.29, 0.717) is 5.56 Å². The summed E-state index contributed by atoms with van der Waals surface area (Å²) in [6.07, 6.45) is 0. The van der Waals surface area contributed by atoms with E-state index in [1.807, 2.05) is 62.4 Å². The van der Waals surface area contributed by atoms with Crippen LogP contribution in [0.3, 0.4) is 0 Å². The minimum Gasteiger partial charge on any atom is -0.497 e. The zero-order chi connectivity index (χ0) is 15.0. The van der Waals surface area contributed by atoms with Crippen molar-refractivity contribution in [2.45, 2.75) is 13.8 Å². The molecule has 21 heavy (non-hydrogen) atoms. The lowest BCUT2D eigenvalue weighted by atomic mass is 10.1. The Bertz CT molecular complexity index is 813. The number of hydrogen-bond acceptors (Lipinski definition) is 2. The quantitative estimate of drug-likeness (QED) is 0.711. The fourth-order valence-corrected chi connectivity index (χ4v) is 2.55. The van der Waals surface area contributed by atoms with Crippen molar-refractivity contribution >= 4 is 16.8 Å². The molecule has 0 N–H and O–H groups in total. The van der Waals surface area contributed by atoms with Gasteiger partial charge in [-0.15, -0.1) is 0 Å². The van der Waals surface area contributed by atoms with Gasteiger partial charge in [-0.3, -0.25) is 9.36 Å². The van der Waals surface area contributed by atoms with Gasteiger partial charge in [0.1, 0.15) is 5.75 Å². The molecule has 0 bridgehead atoms. The molecular formula is C18H17NO2. The molecular weight excluding hydrogens is 262 g/mol. The van der Waals surface area contributed by atoms with Gasteiger partial charge in [-0.25, -0.2) is 0 Å². The van der Waals surface area contributed by atoms with E-state index in [2.05, 4.69) is 0 Å². The molecule has 3 rings (SSSR count). The van der Waals surface area contributed by atoms with Gasteiger partial charge in [0.15, 0.2) is 0 Å². The van der Waals surface area contributed by atoms with Crippen molar-refractivity contribution in [1.29, 1.82) is 0 Å². The number of methoxy groups -OCH3 is 1. The van der Waals surface area contributed by atoms with E-state index in [0.717, 1.165) is 27.9 Å². The van der Waals surface area contributed by atoms with Gasteiger partial charge in [-0.05, 0) is 50.2 Å². The van der Waals surface area contributed by atoms with E-state index in [9.17, 15) is 4.79 Å². The fraction of sp³-hybridized carbons (Fsp3) is 0.167. The first kappa shape index (κ1) is 13.4. The average molecular weight is 279 g/mol. The van der Waals surface area contributed by atoms with Crippen molar-refractivity contribution in [3.05, 3.63) is 65.4 Å². The third kappa shape index (κ3) is 2.31. The van der Waals surface area contributed by atoms with Crippen LogP contribution in [0.5, 0.6) is 5.75 Å². The summed E-state index contributed by atoms with van der Waals surface area (Å²) in [5.74, 6) is 0.787. The summed E-state index contributed by atoms with van der Waals surface area (Å²) < 4.78 is 6.98. The highest BCUT2D eigenvalue weighted by molar-refractivity contribution is 6.03. The van der Waals surface area contributed by atoms with Gasteiger partial charge in [0, 0.05) is 16.6 Å². The van der Waals surface area contributed by atoms with Crippen LogP contribution in [0.25, 0.3) is 10.9 Å². The lowest BCUT2D eigenvalue weighted by Crippen LogP contribution is -2.13. The monoisotopic (exact) mass is 279 g/mol. The number of carbonyl (C=O) groups is 1. The Morgan fingerprint density at radius 3 is 2.38 bits per heavy atom. The molecule has 0 saturated heterocycles. The maximum atomic E-state index is 12.7. The number of ether oxygens (including phenoxy) is 1. The number of nitrogens with zero attached hydrogens (tertiary/aromatic N) is 1. The number of aromatic nitrogens is 1. The molecule has 0 aliphatic heterocycles. The van der Waals surface area contributed by atoms with E-state index in [1.54, 1.807) is 11.7 Å². The molecule has 3 nitrogen and oxygen atoms in total. The van der Waals surface area contributed by atoms with E-state index >= 15 is 0 Å². The molecule has 0 radical (unpaired) electrons. The zero-order valence-corrected chi connectivity index (χ0v) is 12.4. The standard InChI is InChI=1S/C18H17NO2/c1-12-4-6-14(7-5-12)18(20)19-13(2)10-15-11-16(21-3)8-9-17(15)19/h4-11H,1-3H3. The molecule has 3 heteroatoms. The minimum absolute atomic E-state index is 0.00679. The molecule has 0 aliphatic rings. The van der Waals surface area contributed by atoms with Crippen LogP contribution in [0.15, 0.2) is 48.5 Å². The molecule has 0 atom stereocenters. The number of fused-ring (bicyclic) bond motifs is 1. The molecule has 0 aliphatic carbocycles. The molecule has 0 unspecified atom stereocenters. The van der Waals surface area contributed by atoms with Crippen LogP contribution < -0.4 is 4.74 Å². The lowest BCUT2D eigenvalue weighted by molar-refractivity contribution is 0.0963. The van der Waals surface area contributed by atoms with Crippen LogP contribution in [-0.2, 0) is 0 Å². The van der Waals surface area contributed by atoms with Crippen LogP contribution in [0.4, 0.5) is 0 Å². The fourth-order valence-electron chi connectivity index (χ4n) is 2.55. The first-order valence-electron chi connectivity index (χ1n) is 6.87. The third-order valence-electron chi connectivity index (χ3n) is 3.69. The highest BCUT2D eigenvalue weighted by Crippen LogP contribution is 2.25. The Kier molecular flexibility index (Phi) is 3.26. The summed E-state index contributed by atoms with van der Waals surface area (Å²) in [6, 6.07) is 15.4. The van der Waals surface area contributed by atoms with Gasteiger partial charge < -0.3 is 4.74 Å². The van der Waals surface area contributed by atoms with Gasteiger partial charge in [0.2, 0.25) is 0 Å². The molecule has 1 heterocycles. The Hall–Kier alpha value is -2.55. The molecule has 0 saturated carbocycles. The number of aryl methyl sites for hydroxylation is 2. The summed E-state index contributed by atoms with van der Waals surface area (Å²) in [6.45, 7) is 3.95. The second-order valence-electron chi connectivity index (χ2n) is 5.22. The van der Waals surface area contributed by atoms with Gasteiger partial charge in [-0.2, -0.15) is 0 Å². The largest absolute Gasteiger partial charge is 0.497 e. The Morgan fingerprint density at radius 1 is 1.00 bits per heavy atom. The maximum Gasteiger partial charge on any atom is 0.262 e. The Balaban J connectivity index is 2.13. The van der Waals surface area contributed by atoms with E-state index < -0.39 is 0 Å². The van der Waals surface area contributed by atoms with E-state index in [1.165, 1.54) is 0 Å². The predicted octanol–water partition coefficient (Wildman–Crippen LogP) is 3.96. The van der Waals surface area contributed by atoms with Gasteiger partial charge in [0.05, 0.1) is 12.6 Å². The molecule has 3 aromatic rings. The summed E-state index contributed by atoms with van der Waals surface area (Å²) in [7, 11) is 1.64. The average Bonchev–Trinajstić information content (AvgIpc) is 2.82. The van der Waals surface area contributed by atoms with E-state index in [-0.39, 0.29) is 5.91 Å². The molecule has 2 aromatic carbocycles. The Labute approximate surface area is 123 Å². The van der Waals surface area contributed by atoms with Crippen molar-refractivity contribution < 1.29 is 9.53 Å². The Morgan fingerprint density at radius 2 is 1.71 bits per heavy atom.